The lowest BCUT2D eigenvalue weighted by atomic mass is 10.1. The maximum absolute atomic E-state index is 12.0. The molecule has 0 saturated heterocycles. The molecule has 126 valence electrons. The van der Waals surface area contributed by atoms with Crippen molar-refractivity contribution in [3.05, 3.63) is 0 Å². The van der Waals surface area contributed by atoms with Gasteiger partial charge in [0.05, 0.1) is 0 Å². The standard InChI is InChI=1S/C17H36N2O2/c1-7-10-12-15(8-2)18-13-11-14-19(9-3)16(20)21-17(4,5)6/h15,18H,7-14H2,1-6H3. The number of hydrogen-bond acceptors (Lipinski definition) is 3. The zero-order valence-electron chi connectivity index (χ0n) is 15.0. The van der Waals surface area contributed by atoms with Crippen LogP contribution in [0.4, 0.5) is 4.79 Å². The van der Waals surface area contributed by atoms with E-state index in [1.54, 1.807) is 4.90 Å². The fourth-order valence-electron chi connectivity index (χ4n) is 2.18. The molecule has 0 rings (SSSR count). The Hall–Kier alpha value is -0.770. The van der Waals surface area contributed by atoms with E-state index in [4.69, 9.17) is 4.74 Å². The molecule has 0 aliphatic heterocycles. The fourth-order valence-corrected chi connectivity index (χ4v) is 2.18. The van der Waals surface area contributed by atoms with Crippen LogP contribution in [-0.2, 0) is 4.74 Å². The summed E-state index contributed by atoms with van der Waals surface area (Å²) in [5.41, 5.74) is -0.420. The third-order valence-corrected chi connectivity index (χ3v) is 3.47. The highest BCUT2D eigenvalue weighted by atomic mass is 16.6. The first-order valence-corrected chi connectivity index (χ1v) is 8.55. The number of ether oxygens (including phenoxy) is 1. The maximum atomic E-state index is 12.0. The number of nitrogens with zero attached hydrogens (tertiary/aromatic N) is 1. The van der Waals surface area contributed by atoms with Gasteiger partial charge in [-0.3, -0.25) is 0 Å². The lowest BCUT2D eigenvalue weighted by Gasteiger charge is -2.26. The molecule has 1 amide bonds. The van der Waals surface area contributed by atoms with Crippen LogP contribution in [-0.4, -0.2) is 42.3 Å². The van der Waals surface area contributed by atoms with Crippen LogP contribution >= 0.6 is 0 Å². The molecular weight excluding hydrogens is 264 g/mol. The number of unbranched alkanes of at least 4 members (excludes halogenated alkanes) is 1. The molecule has 0 heterocycles. The van der Waals surface area contributed by atoms with Crippen LogP contribution < -0.4 is 5.32 Å². The minimum Gasteiger partial charge on any atom is -0.444 e. The second-order valence-corrected chi connectivity index (χ2v) is 6.62. The summed E-state index contributed by atoms with van der Waals surface area (Å²) in [6.07, 6.45) is 5.71. The Morgan fingerprint density at radius 3 is 2.33 bits per heavy atom. The van der Waals surface area contributed by atoms with Crippen LogP contribution in [0, 0.1) is 0 Å². The van der Waals surface area contributed by atoms with E-state index >= 15 is 0 Å². The predicted molar refractivity (Wildman–Crippen MR) is 89.7 cm³/mol. The van der Waals surface area contributed by atoms with Gasteiger partial charge in [0, 0.05) is 19.1 Å². The predicted octanol–water partition coefficient (Wildman–Crippen LogP) is 4.19. The Morgan fingerprint density at radius 2 is 1.86 bits per heavy atom. The van der Waals surface area contributed by atoms with E-state index in [2.05, 4.69) is 19.2 Å². The summed E-state index contributed by atoms with van der Waals surface area (Å²) in [6, 6.07) is 0.613. The van der Waals surface area contributed by atoms with Crippen molar-refractivity contribution in [3.8, 4) is 0 Å². The van der Waals surface area contributed by atoms with Gasteiger partial charge in [-0.25, -0.2) is 4.79 Å². The van der Waals surface area contributed by atoms with Crippen molar-refractivity contribution in [1.82, 2.24) is 10.2 Å². The highest BCUT2D eigenvalue weighted by Crippen LogP contribution is 2.10. The Balaban J connectivity index is 3.98. The van der Waals surface area contributed by atoms with E-state index in [-0.39, 0.29) is 6.09 Å². The van der Waals surface area contributed by atoms with Gasteiger partial charge in [0.15, 0.2) is 0 Å². The minimum atomic E-state index is -0.420. The van der Waals surface area contributed by atoms with E-state index in [0.717, 1.165) is 19.5 Å². The van der Waals surface area contributed by atoms with Gasteiger partial charge in [0.1, 0.15) is 5.60 Å². The molecule has 4 heteroatoms. The normalized spacial score (nSPS) is 13.0. The molecule has 0 bridgehead atoms. The van der Waals surface area contributed by atoms with Gasteiger partial charge in [-0.15, -0.1) is 0 Å². The molecule has 1 unspecified atom stereocenters. The highest BCUT2D eigenvalue weighted by Gasteiger charge is 2.20. The summed E-state index contributed by atoms with van der Waals surface area (Å²) in [6.45, 7) is 14.6. The molecule has 0 aliphatic rings. The summed E-state index contributed by atoms with van der Waals surface area (Å²) in [7, 11) is 0. The maximum Gasteiger partial charge on any atom is 0.410 e. The molecular formula is C17H36N2O2. The Morgan fingerprint density at radius 1 is 1.19 bits per heavy atom. The van der Waals surface area contributed by atoms with E-state index in [9.17, 15) is 4.79 Å². The van der Waals surface area contributed by atoms with Crippen molar-refractivity contribution in [1.29, 1.82) is 0 Å². The SMILES string of the molecule is CCCCC(CC)NCCCN(CC)C(=O)OC(C)(C)C. The zero-order chi connectivity index (χ0) is 16.3. The van der Waals surface area contributed by atoms with E-state index in [1.807, 2.05) is 27.7 Å². The molecule has 0 spiro atoms. The van der Waals surface area contributed by atoms with Crippen molar-refractivity contribution < 1.29 is 9.53 Å². The van der Waals surface area contributed by atoms with Crippen molar-refractivity contribution in [2.75, 3.05) is 19.6 Å². The van der Waals surface area contributed by atoms with Crippen molar-refractivity contribution in [2.45, 2.75) is 85.3 Å². The first kappa shape index (κ1) is 20.2. The molecule has 0 aromatic rings. The second kappa shape index (κ2) is 10.9. The first-order valence-electron chi connectivity index (χ1n) is 8.55. The number of carbonyl (C=O) groups excluding carboxylic acids is 1. The molecule has 21 heavy (non-hydrogen) atoms. The smallest absolute Gasteiger partial charge is 0.410 e. The third kappa shape index (κ3) is 10.6. The fraction of sp³-hybridized carbons (Fsp3) is 0.941. The van der Waals surface area contributed by atoms with Crippen molar-refractivity contribution in [3.63, 3.8) is 0 Å². The molecule has 0 aliphatic carbocycles. The molecule has 0 saturated carbocycles. The van der Waals surface area contributed by atoms with Crippen LogP contribution in [0.3, 0.4) is 0 Å². The van der Waals surface area contributed by atoms with Gasteiger partial charge in [0.2, 0.25) is 0 Å². The monoisotopic (exact) mass is 300 g/mol. The number of amides is 1. The number of nitrogens with one attached hydrogen (secondary N) is 1. The lowest BCUT2D eigenvalue weighted by molar-refractivity contribution is 0.0258. The quantitative estimate of drug-likeness (QED) is 0.615. The van der Waals surface area contributed by atoms with E-state index in [0.29, 0.717) is 12.6 Å². The molecule has 4 nitrogen and oxygen atoms in total. The van der Waals surface area contributed by atoms with Crippen molar-refractivity contribution >= 4 is 6.09 Å². The van der Waals surface area contributed by atoms with Gasteiger partial charge < -0.3 is 15.0 Å². The second-order valence-electron chi connectivity index (χ2n) is 6.62. The van der Waals surface area contributed by atoms with E-state index in [1.165, 1.54) is 25.7 Å². The first-order chi connectivity index (χ1) is 9.84. The molecule has 0 aromatic heterocycles. The Kier molecular flexibility index (Phi) is 10.5. The van der Waals surface area contributed by atoms with Gasteiger partial charge >= 0.3 is 6.09 Å². The summed E-state index contributed by atoms with van der Waals surface area (Å²) >= 11 is 0. The number of hydrogen-bond donors (Lipinski definition) is 1. The van der Waals surface area contributed by atoms with Crippen molar-refractivity contribution in [2.24, 2.45) is 0 Å². The van der Waals surface area contributed by atoms with Gasteiger partial charge in [0.25, 0.3) is 0 Å². The van der Waals surface area contributed by atoms with Crippen LogP contribution in [0.25, 0.3) is 0 Å². The molecule has 0 fully saturated rings. The average molecular weight is 300 g/mol. The Bertz CT molecular complexity index is 274. The van der Waals surface area contributed by atoms with Crippen LogP contribution in [0.2, 0.25) is 0 Å². The molecule has 0 aromatic carbocycles. The third-order valence-electron chi connectivity index (χ3n) is 3.47. The Labute approximate surface area is 131 Å². The topological polar surface area (TPSA) is 41.6 Å². The molecule has 1 N–H and O–H groups in total. The summed E-state index contributed by atoms with van der Waals surface area (Å²) in [5.74, 6) is 0. The number of rotatable bonds is 10. The zero-order valence-corrected chi connectivity index (χ0v) is 15.0. The summed E-state index contributed by atoms with van der Waals surface area (Å²) in [5, 5.41) is 3.59. The van der Waals surface area contributed by atoms with E-state index < -0.39 is 5.60 Å². The van der Waals surface area contributed by atoms with Gasteiger partial charge in [-0.1, -0.05) is 26.7 Å². The molecule has 0 radical (unpaired) electrons. The largest absolute Gasteiger partial charge is 0.444 e. The van der Waals surface area contributed by atoms with Gasteiger partial charge in [-0.05, 0) is 53.5 Å². The van der Waals surface area contributed by atoms with Crippen LogP contribution in [0.5, 0.6) is 0 Å². The summed E-state index contributed by atoms with van der Waals surface area (Å²) < 4.78 is 5.41. The summed E-state index contributed by atoms with van der Waals surface area (Å²) in [4.78, 5) is 13.8. The van der Waals surface area contributed by atoms with Crippen LogP contribution in [0.1, 0.15) is 73.6 Å². The lowest BCUT2D eigenvalue weighted by Crippen LogP contribution is -2.38. The van der Waals surface area contributed by atoms with Crippen LogP contribution in [0.15, 0.2) is 0 Å². The average Bonchev–Trinajstić information content (AvgIpc) is 2.40. The highest BCUT2D eigenvalue weighted by molar-refractivity contribution is 5.68. The number of carbonyl (C=O) groups is 1. The molecule has 1 atom stereocenters. The minimum absolute atomic E-state index is 0.206. The van der Waals surface area contributed by atoms with Gasteiger partial charge in [-0.2, -0.15) is 0 Å².